The third kappa shape index (κ3) is 3.44. The molecule has 0 aliphatic heterocycles. The predicted octanol–water partition coefficient (Wildman–Crippen LogP) is 3.38. The van der Waals surface area contributed by atoms with Crippen LogP contribution in [0.15, 0.2) is 84.9 Å². The second-order valence-corrected chi connectivity index (χ2v) is 5.72. The maximum atomic E-state index is 13.8. The first-order valence-electron chi connectivity index (χ1n) is 7.97. The van der Waals surface area contributed by atoms with Crippen molar-refractivity contribution in [1.29, 1.82) is 0 Å². The summed E-state index contributed by atoms with van der Waals surface area (Å²) in [7, 11) is 0. The molecule has 0 atom stereocenters. The lowest BCUT2D eigenvalue weighted by Crippen LogP contribution is -2.45. The van der Waals surface area contributed by atoms with Gasteiger partial charge >= 0.3 is 0 Å². The van der Waals surface area contributed by atoms with Crippen molar-refractivity contribution < 1.29 is 14.3 Å². The molecule has 3 aromatic carbocycles. The van der Waals surface area contributed by atoms with Crippen LogP contribution in [0.1, 0.15) is 16.7 Å². The molecule has 0 bridgehead atoms. The maximum absolute atomic E-state index is 13.8. The smallest absolute Gasteiger partial charge is 0.261 e. The number of amides is 1. The predicted molar refractivity (Wildman–Crippen MR) is 94.1 cm³/mol. The number of benzene rings is 3. The van der Waals surface area contributed by atoms with Gasteiger partial charge in [0.25, 0.3) is 5.91 Å². The lowest BCUT2D eigenvalue weighted by molar-refractivity contribution is -0.136. The zero-order chi connectivity index (χ0) is 17.7. The number of hydrogen-bond donors (Lipinski definition) is 2. The van der Waals surface area contributed by atoms with Gasteiger partial charge in [-0.15, -0.1) is 0 Å². The van der Waals surface area contributed by atoms with Gasteiger partial charge in [-0.2, -0.15) is 0 Å². The molecule has 3 nitrogen and oxygen atoms in total. The van der Waals surface area contributed by atoms with Crippen LogP contribution >= 0.6 is 0 Å². The number of aliphatic hydroxyl groups is 1. The van der Waals surface area contributed by atoms with Crippen molar-refractivity contribution in [2.24, 2.45) is 0 Å². The van der Waals surface area contributed by atoms with Crippen molar-refractivity contribution in [3.05, 3.63) is 107 Å². The molecule has 3 rings (SSSR count). The van der Waals surface area contributed by atoms with Crippen LogP contribution in [0.4, 0.5) is 4.39 Å². The molecule has 0 unspecified atom stereocenters. The highest BCUT2D eigenvalue weighted by atomic mass is 19.1. The van der Waals surface area contributed by atoms with Gasteiger partial charge in [0.15, 0.2) is 5.60 Å². The van der Waals surface area contributed by atoms with Crippen LogP contribution in [0.2, 0.25) is 0 Å². The van der Waals surface area contributed by atoms with Gasteiger partial charge in [-0.25, -0.2) is 4.39 Å². The quantitative estimate of drug-likeness (QED) is 0.751. The molecule has 1 amide bonds. The molecule has 0 spiro atoms. The van der Waals surface area contributed by atoms with Gasteiger partial charge in [0.05, 0.1) is 0 Å². The average molecular weight is 335 g/mol. The Morgan fingerprint density at radius 1 is 0.840 bits per heavy atom. The van der Waals surface area contributed by atoms with E-state index in [-0.39, 0.29) is 6.54 Å². The zero-order valence-electron chi connectivity index (χ0n) is 13.5. The SMILES string of the molecule is O=C(NCc1ccccc1F)C(O)(c1ccccc1)c1ccccc1. The molecule has 3 aromatic rings. The Balaban J connectivity index is 1.92. The van der Waals surface area contributed by atoms with Gasteiger partial charge in [0.1, 0.15) is 5.82 Å². The summed E-state index contributed by atoms with van der Waals surface area (Å²) in [6.07, 6.45) is 0. The Hall–Kier alpha value is -2.98. The van der Waals surface area contributed by atoms with Crippen LogP contribution in [0.25, 0.3) is 0 Å². The van der Waals surface area contributed by atoms with Crippen LogP contribution in [0, 0.1) is 5.82 Å². The number of rotatable bonds is 5. The Labute approximate surface area is 145 Å². The maximum Gasteiger partial charge on any atom is 0.261 e. The van der Waals surface area contributed by atoms with Gasteiger partial charge in [-0.05, 0) is 17.2 Å². The van der Waals surface area contributed by atoms with E-state index in [9.17, 15) is 14.3 Å². The molecule has 0 radical (unpaired) electrons. The van der Waals surface area contributed by atoms with E-state index < -0.39 is 17.3 Å². The van der Waals surface area contributed by atoms with Crippen LogP contribution in [0.3, 0.4) is 0 Å². The first-order valence-corrected chi connectivity index (χ1v) is 7.97. The fraction of sp³-hybridized carbons (Fsp3) is 0.0952. The van der Waals surface area contributed by atoms with Crippen LogP contribution in [-0.4, -0.2) is 11.0 Å². The fourth-order valence-electron chi connectivity index (χ4n) is 2.73. The summed E-state index contributed by atoms with van der Waals surface area (Å²) in [5.41, 5.74) is -0.591. The van der Waals surface area contributed by atoms with Gasteiger partial charge < -0.3 is 10.4 Å². The van der Waals surface area contributed by atoms with E-state index in [0.717, 1.165) is 0 Å². The van der Waals surface area contributed by atoms with Crippen LogP contribution in [-0.2, 0) is 16.9 Å². The van der Waals surface area contributed by atoms with E-state index >= 15 is 0 Å². The summed E-state index contributed by atoms with van der Waals surface area (Å²) in [5.74, 6) is -1.00. The Kier molecular flexibility index (Phi) is 4.91. The zero-order valence-corrected chi connectivity index (χ0v) is 13.5. The highest BCUT2D eigenvalue weighted by Crippen LogP contribution is 2.30. The van der Waals surface area contributed by atoms with Crippen molar-refractivity contribution in [3.8, 4) is 0 Å². The van der Waals surface area contributed by atoms with Crippen molar-refractivity contribution in [3.63, 3.8) is 0 Å². The number of carbonyl (C=O) groups excluding carboxylic acids is 1. The molecule has 0 aromatic heterocycles. The van der Waals surface area contributed by atoms with E-state index in [1.54, 1.807) is 66.7 Å². The number of hydrogen-bond acceptors (Lipinski definition) is 2. The summed E-state index contributed by atoms with van der Waals surface area (Å²) >= 11 is 0. The standard InChI is InChI=1S/C21H18FNO2/c22-19-14-8-7-9-16(19)15-23-20(24)21(25,17-10-3-1-4-11-17)18-12-5-2-6-13-18/h1-14,25H,15H2,(H,23,24). The molecule has 2 N–H and O–H groups in total. The fourth-order valence-corrected chi connectivity index (χ4v) is 2.73. The summed E-state index contributed by atoms with van der Waals surface area (Å²) in [4.78, 5) is 12.9. The monoisotopic (exact) mass is 335 g/mol. The lowest BCUT2D eigenvalue weighted by Gasteiger charge is -2.28. The van der Waals surface area contributed by atoms with Crippen LogP contribution in [0.5, 0.6) is 0 Å². The molecule has 0 aliphatic rings. The second kappa shape index (κ2) is 7.28. The molecule has 25 heavy (non-hydrogen) atoms. The van der Waals surface area contributed by atoms with Crippen molar-refractivity contribution >= 4 is 5.91 Å². The van der Waals surface area contributed by atoms with Gasteiger partial charge in [0, 0.05) is 12.1 Å². The summed E-state index contributed by atoms with van der Waals surface area (Å²) in [6.45, 7) is -0.00646. The largest absolute Gasteiger partial charge is 0.372 e. The molecule has 0 saturated carbocycles. The molecule has 126 valence electrons. The van der Waals surface area contributed by atoms with E-state index in [2.05, 4.69) is 5.32 Å². The van der Waals surface area contributed by atoms with Gasteiger partial charge in [-0.3, -0.25) is 4.79 Å². The first kappa shape index (κ1) is 16.9. The molecule has 0 fully saturated rings. The Morgan fingerprint density at radius 2 is 1.32 bits per heavy atom. The summed E-state index contributed by atoms with van der Waals surface area (Å²) in [5, 5.41) is 13.9. The first-order chi connectivity index (χ1) is 12.1. The third-order valence-corrected chi connectivity index (χ3v) is 4.11. The van der Waals surface area contributed by atoms with Gasteiger partial charge in [-0.1, -0.05) is 78.9 Å². The van der Waals surface area contributed by atoms with E-state index in [4.69, 9.17) is 0 Å². The minimum atomic E-state index is -1.85. The minimum absolute atomic E-state index is 0.00646. The van der Waals surface area contributed by atoms with E-state index in [1.165, 1.54) is 6.07 Å². The minimum Gasteiger partial charge on any atom is -0.372 e. The molecule has 0 saturated heterocycles. The second-order valence-electron chi connectivity index (χ2n) is 5.72. The number of halogens is 1. The molecule has 4 heteroatoms. The Morgan fingerprint density at radius 3 is 1.84 bits per heavy atom. The van der Waals surface area contributed by atoms with Crippen LogP contribution < -0.4 is 5.32 Å². The molecule has 0 heterocycles. The van der Waals surface area contributed by atoms with E-state index in [0.29, 0.717) is 16.7 Å². The highest BCUT2D eigenvalue weighted by Gasteiger charge is 2.39. The number of carbonyl (C=O) groups is 1. The summed E-state index contributed by atoms with van der Waals surface area (Å²) in [6, 6.07) is 23.6. The topological polar surface area (TPSA) is 49.3 Å². The average Bonchev–Trinajstić information content (AvgIpc) is 2.68. The third-order valence-electron chi connectivity index (χ3n) is 4.11. The highest BCUT2D eigenvalue weighted by molar-refractivity contribution is 5.90. The lowest BCUT2D eigenvalue weighted by atomic mass is 9.85. The molecule has 0 aliphatic carbocycles. The molecular formula is C21H18FNO2. The molecular weight excluding hydrogens is 317 g/mol. The van der Waals surface area contributed by atoms with Crippen molar-refractivity contribution in [2.75, 3.05) is 0 Å². The van der Waals surface area contributed by atoms with Crippen molar-refractivity contribution in [2.45, 2.75) is 12.1 Å². The van der Waals surface area contributed by atoms with E-state index in [1.807, 2.05) is 12.1 Å². The van der Waals surface area contributed by atoms with Gasteiger partial charge in [0.2, 0.25) is 0 Å². The summed E-state index contributed by atoms with van der Waals surface area (Å²) < 4.78 is 13.8. The Bertz CT molecular complexity index is 811. The normalized spacial score (nSPS) is 11.1. The number of nitrogens with one attached hydrogen (secondary N) is 1. The van der Waals surface area contributed by atoms with Crippen molar-refractivity contribution in [1.82, 2.24) is 5.32 Å².